The lowest BCUT2D eigenvalue weighted by atomic mass is 9.95. The highest BCUT2D eigenvalue weighted by atomic mass is 19.4. The zero-order chi connectivity index (χ0) is 13.4. The molecule has 0 saturated heterocycles. The van der Waals surface area contributed by atoms with Crippen LogP contribution in [0.3, 0.4) is 0 Å². The third-order valence-electron chi connectivity index (χ3n) is 3.39. The van der Waals surface area contributed by atoms with Crippen molar-refractivity contribution in [2.75, 3.05) is 7.05 Å². The highest BCUT2D eigenvalue weighted by Crippen LogP contribution is 2.48. The monoisotopic (exact) mass is 257 g/mol. The average molecular weight is 257 g/mol. The van der Waals surface area contributed by atoms with E-state index in [1.165, 1.54) is 12.1 Å². The Hall–Kier alpha value is -1.52. The number of carbonyl (C=O) groups is 1. The largest absolute Gasteiger partial charge is 0.416 e. The molecule has 0 atom stereocenters. The molecule has 1 saturated carbocycles. The first kappa shape index (κ1) is 12.9. The fraction of sp³-hybridized carbons (Fsp3) is 0.462. The first-order chi connectivity index (χ1) is 8.37. The fourth-order valence-electron chi connectivity index (χ4n) is 2.10. The molecule has 0 spiro atoms. The quantitative estimate of drug-likeness (QED) is 0.886. The highest BCUT2D eigenvalue weighted by molar-refractivity contribution is 5.85. The lowest BCUT2D eigenvalue weighted by Gasteiger charge is -2.14. The van der Waals surface area contributed by atoms with Crippen LogP contribution in [0.25, 0.3) is 0 Å². The van der Waals surface area contributed by atoms with Gasteiger partial charge in [-0.3, -0.25) is 4.79 Å². The second-order valence-corrected chi connectivity index (χ2v) is 4.73. The number of alkyl halides is 3. The maximum Gasteiger partial charge on any atom is 0.416 e. The summed E-state index contributed by atoms with van der Waals surface area (Å²) >= 11 is 0. The summed E-state index contributed by atoms with van der Waals surface area (Å²) in [6.07, 6.45) is -2.21. The molecule has 1 aliphatic rings. The second kappa shape index (κ2) is 4.30. The van der Waals surface area contributed by atoms with Gasteiger partial charge in [-0.15, -0.1) is 0 Å². The molecule has 1 aromatic carbocycles. The Kier molecular flexibility index (Phi) is 3.09. The van der Waals surface area contributed by atoms with Gasteiger partial charge in [0.05, 0.1) is 11.0 Å². The minimum Gasteiger partial charge on any atom is -0.359 e. The number of carbonyl (C=O) groups excluding carboxylic acids is 1. The van der Waals surface area contributed by atoms with Crippen LogP contribution in [-0.4, -0.2) is 13.0 Å². The van der Waals surface area contributed by atoms with E-state index in [-0.39, 0.29) is 5.91 Å². The van der Waals surface area contributed by atoms with Crippen LogP contribution < -0.4 is 5.32 Å². The van der Waals surface area contributed by atoms with E-state index in [1.54, 1.807) is 7.05 Å². The van der Waals surface area contributed by atoms with E-state index in [9.17, 15) is 18.0 Å². The molecule has 0 unspecified atom stereocenters. The number of halogens is 3. The Labute approximate surface area is 103 Å². The van der Waals surface area contributed by atoms with Crippen LogP contribution in [0.15, 0.2) is 24.3 Å². The van der Waals surface area contributed by atoms with E-state index in [1.807, 2.05) is 0 Å². The van der Waals surface area contributed by atoms with Crippen molar-refractivity contribution in [3.63, 3.8) is 0 Å². The van der Waals surface area contributed by atoms with Crippen molar-refractivity contribution in [3.05, 3.63) is 35.4 Å². The van der Waals surface area contributed by atoms with Gasteiger partial charge in [-0.05, 0) is 37.0 Å². The molecule has 2 nitrogen and oxygen atoms in total. The van der Waals surface area contributed by atoms with Crippen LogP contribution >= 0.6 is 0 Å². The van der Waals surface area contributed by atoms with Crippen molar-refractivity contribution in [1.82, 2.24) is 5.32 Å². The van der Waals surface area contributed by atoms with Crippen LogP contribution in [0.5, 0.6) is 0 Å². The normalized spacial score (nSPS) is 17.3. The molecule has 98 valence electrons. The molecule has 5 heteroatoms. The summed E-state index contributed by atoms with van der Waals surface area (Å²) in [5.74, 6) is -0.0256. The summed E-state index contributed by atoms with van der Waals surface area (Å²) in [4.78, 5) is 11.6. The summed E-state index contributed by atoms with van der Waals surface area (Å²) in [6, 6.07) is 5.03. The van der Waals surface area contributed by atoms with Gasteiger partial charge in [0.25, 0.3) is 0 Å². The Balaban J connectivity index is 2.10. The van der Waals surface area contributed by atoms with E-state index in [0.29, 0.717) is 6.42 Å². The Morgan fingerprint density at radius 3 is 2.22 bits per heavy atom. The van der Waals surface area contributed by atoms with Gasteiger partial charge in [0.1, 0.15) is 0 Å². The molecule has 0 aliphatic heterocycles. The lowest BCUT2D eigenvalue weighted by Crippen LogP contribution is -2.30. The number of amides is 1. The summed E-state index contributed by atoms with van der Waals surface area (Å²) in [7, 11) is 1.58. The van der Waals surface area contributed by atoms with Crippen molar-refractivity contribution in [2.24, 2.45) is 5.41 Å². The summed E-state index contributed by atoms with van der Waals surface area (Å²) < 4.78 is 37.2. The molecule has 0 radical (unpaired) electrons. The van der Waals surface area contributed by atoms with Crippen LogP contribution in [0.4, 0.5) is 13.2 Å². The van der Waals surface area contributed by atoms with Crippen molar-refractivity contribution in [2.45, 2.75) is 25.4 Å². The van der Waals surface area contributed by atoms with Crippen molar-refractivity contribution in [3.8, 4) is 0 Å². The molecule has 0 aromatic heterocycles. The van der Waals surface area contributed by atoms with Crippen LogP contribution in [0, 0.1) is 5.41 Å². The second-order valence-electron chi connectivity index (χ2n) is 4.73. The molecular formula is C13H14F3NO. The average Bonchev–Trinajstić information content (AvgIpc) is 3.08. The van der Waals surface area contributed by atoms with E-state index >= 15 is 0 Å². The first-order valence-electron chi connectivity index (χ1n) is 5.76. The van der Waals surface area contributed by atoms with Gasteiger partial charge in [0.15, 0.2) is 0 Å². The molecule has 1 amide bonds. The number of rotatable bonds is 3. The van der Waals surface area contributed by atoms with E-state index in [4.69, 9.17) is 0 Å². The van der Waals surface area contributed by atoms with Crippen LogP contribution in [0.2, 0.25) is 0 Å². The van der Waals surface area contributed by atoms with Gasteiger partial charge < -0.3 is 5.32 Å². The van der Waals surface area contributed by atoms with Crippen molar-refractivity contribution < 1.29 is 18.0 Å². The predicted octanol–water partition coefficient (Wildman–Crippen LogP) is 2.77. The van der Waals surface area contributed by atoms with Gasteiger partial charge in [0, 0.05) is 7.05 Å². The first-order valence-corrected chi connectivity index (χ1v) is 5.76. The van der Waals surface area contributed by atoms with Crippen LogP contribution in [0.1, 0.15) is 24.0 Å². The Morgan fingerprint density at radius 2 is 1.83 bits per heavy atom. The van der Waals surface area contributed by atoms with E-state index in [2.05, 4.69) is 5.32 Å². The van der Waals surface area contributed by atoms with Gasteiger partial charge >= 0.3 is 6.18 Å². The lowest BCUT2D eigenvalue weighted by molar-refractivity contribution is -0.137. The van der Waals surface area contributed by atoms with Gasteiger partial charge in [-0.2, -0.15) is 13.2 Å². The third-order valence-corrected chi connectivity index (χ3v) is 3.39. The number of hydrogen-bond donors (Lipinski definition) is 1. The molecule has 0 heterocycles. The van der Waals surface area contributed by atoms with Crippen molar-refractivity contribution >= 4 is 5.91 Å². The Morgan fingerprint density at radius 1 is 1.28 bits per heavy atom. The van der Waals surface area contributed by atoms with Crippen molar-refractivity contribution in [1.29, 1.82) is 0 Å². The summed E-state index contributed by atoms with van der Waals surface area (Å²) in [5.41, 5.74) is -0.283. The number of nitrogens with one attached hydrogen (secondary N) is 1. The summed E-state index contributed by atoms with van der Waals surface area (Å²) in [6.45, 7) is 0. The molecule has 1 aliphatic carbocycles. The maximum absolute atomic E-state index is 12.4. The minimum atomic E-state index is -4.31. The topological polar surface area (TPSA) is 29.1 Å². The molecule has 0 bridgehead atoms. The molecule has 1 N–H and O–H groups in total. The molecule has 2 rings (SSSR count). The van der Waals surface area contributed by atoms with E-state index in [0.717, 1.165) is 30.5 Å². The number of hydrogen-bond acceptors (Lipinski definition) is 1. The zero-order valence-electron chi connectivity index (χ0n) is 9.97. The minimum absolute atomic E-state index is 0.0256. The summed E-state index contributed by atoms with van der Waals surface area (Å²) in [5, 5.41) is 2.60. The maximum atomic E-state index is 12.4. The Bertz CT molecular complexity index is 446. The molecule has 1 aromatic rings. The molecule has 18 heavy (non-hydrogen) atoms. The standard InChI is InChI=1S/C13H14F3NO/c1-17-11(18)12(6-7-12)8-9-2-4-10(5-3-9)13(14,15)16/h2-5H,6-8H2,1H3,(H,17,18). The number of benzene rings is 1. The third kappa shape index (κ3) is 2.49. The predicted molar refractivity (Wildman–Crippen MR) is 60.9 cm³/mol. The smallest absolute Gasteiger partial charge is 0.359 e. The van der Waals surface area contributed by atoms with E-state index < -0.39 is 17.2 Å². The van der Waals surface area contributed by atoms with Crippen LogP contribution in [-0.2, 0) is 17.4 Å². The fourth-order valence-corrected chi connectivity index (χ4v) is 2.10. The highest BCUT2D eigenvalue weighted by Gasteiger charge is 2.49. The van der Waals surface area contributed by atoms with Gasteiger partial charge in [0.2, 0.25) is 5.91 Å². The molecule has 1 fully saturated rings. The van der Waals surface area contributed by atoms with Gasteiger partial charge in [-0.1, -0.05) is 12.1 Å². The van der Waals surface area contributed by atoms with Gasteiger partial charge in [-0.25, -0.2) is 0 Å². The zero-order valence-corrected chi connectivity index (χ0v) is 9.97. The SMILES string of the molecule is CNC(=O)C1(Cc2ccc(C(F)(F)F)cc2)CC1. The molecular weight excluding hydrogens is 243 g/mol.